The molecule has 6 nitrogen and oxygen atoms in total. The van der Waals surface area contributed by atoms with Gasteiger partial charge < -0.3 is 20.1 Å². The molecule has 25 heavy (non-hydrogen) atoms. The van der Waals surface area contributed by atoms with Gasteiger partial charge in [0.2, 0.25) is 11.8 Å². The van der Waals surface area contributed by atoms with Gasteiger partial charge in [-0.3, -0.25) is 9.59 Å². The van der Waals surface area contributed by atoms with Crippen molar-refractivity contribution in [3.63, 3.8) is 0 Å². The van der Waals surface area contributed by atoms with Crippen molar-refractivity contribution < 1.29 is 19.1 Å². The molecule has 0 bridgehead atoms. The highest BCUT2D eigenvalue weighted by atomic mass is 16.5. The lowest BCUT2D eigenvalue weighted by Gasteiger charge is -2.06. The van der Waals surface area contributed by atoms with E-state index in [1.807, 2.05) is 27.7 Å². The van der Waals surface area contributed by atoms with Crippen LogP contribution in [0.15, 0.2) is 0 Å². The fraction of sp³-hybridized carbons (Fsp3) is 0.895. The van der Waals surface area contributed by atoms with Crippen LogP contribution in [0.2, 0.25) is 0 Å². The van der Waals surface area contributed by atoms with Crippen molar-refractivity contribution >= 4 is 11.8 Å². The number of carbonyl (C=O) groups excluding carboxylic acids is 2. The van der Waals surface area contributed by atoms with Crippen LogP contribution in [0.1, 0.15) is 73.1 Å². The molecule has 0 saturated heterocycles. The second kappa shape index (κ2) is 27.7. The Bertz CT molecular complexity index is 274. The molecule has 0 spiro atoms. The fourth-order valence-electron chi connectivity index (χ4n) is 1.79. The van der Waals surface area contributed by atoms with Crippen molar-refractivity contribution in [2.24, 2.45) is 0 Å². The van der Waals surface area contributed by atoms with Crippen molar-refractivity contribution in [2.75, 3.05) is 40.0 Å². The molecule has 0 radical (unpaired) electrons. The first-order valence-corrected chi connectivity index (χ1v) is 9.74. The summed E-state index contributed by atoms with van der Waals surface area (Å²) in [4.78, 5) is 21.7. The smallest absolute Gasteiger partial charge is 0.245 e. The number of rotatable bonds is 14. The third kappa shape index (κ3) is 31.2. The minimum absolute atomic E-state index is 0.0321. The van der Waals surface area contributed by atoms with Crippen molar-refractivity contribution in [3.8, 4) is 0 Å². The maximum absolute atomic E-state index is 11.1. The normalized spacial score (nSPS) is 9.20. The van der Waals surface area contributed by atoms with Crippen LogP contribution in [0.5, 0.6) is 0 Å². The number of hydrogen-bond acceptors (Lipinski definition) is 4. The second-order valence-electron chi connectivity index (χ2n) is 5.00. The van der Waals surface area contributed by atoms with Gasteiger partial charge in [-0.25, -0.2) is 0 Å². The molecule has 0 aliphatic rings. The number of methoxy groups -OCH3 is 1. The Morgan fingerprint density at radius 3 is 1.68 bits per heavy atom. The Kier molecular flexibility index (Phi) is 31.7. The van der Waals surface area contributed by atoms with Crippen LogP contribution in [0.4, 0.5) is 0 Å². The average molecular weight is 363 g/mol. The van der Waals surface area contributed by atoms with Crippen LogP contribution >= 0.6 is 0 Å². The van der Waals surface area contributed by atoms with Crippen LogP contribution in [0, 0.1) is 0 Å². The Hall–Kier alpha value is -1.14. The van der Waals surface area contributed by atoms with Gasteiger partial charge in [-0.05, 0) is 38.5 Å². The summed E-state index contributed by atoms with van der Waals surface area (Å²) in [7, 11) is 1.51. The van der Waals surface area contributed by atoms with Gasteiger partial charge in [0.15, 0.2) is 0 Å². The van der Waals surface area contributed by atoms with Gasteiger partial charge in [0, 0.05) is 40.3 Å². The maximum atomic E-state index is 11.1. The predicted octanol–water partition coefficient (Wildman–Crippen LogP) is 3.29. The molecule has 0 saturated carbocycles. The summed E-state index contributed by atoms with van der Waals surface area (Å²) < 4.78 is 10.3. The van der Waals surface area contributed by atoms with Gasteiger partial charge in [-0.2, -0.15) is 0 Å². The number of nitrogens with one attached hydrogen (secondary N) is 2. The number of unbranched alkanes of at least 4 members (excludes halogenated alkanes) is 4. The summed E-state index contributed by atoms with van der Waals surface area (Å²) in [6.45, 7) is 12.7. The quantitative estimate of drug-likeness (QED) is 0.465. The molecule has 0 unspecified atom stereocenters. The van der Waals surface area contributed by atoms with E-state index in [1.54, 1.807) is 0 Å². The summed E-state index contributed by atoms with van der Waals surface area (Å²) in [6, 6.07) is 0. The number of ether oxygens (including phenoxy) is 2. The van der Waals surface area contributed by atoms with Crippen LogP contribution in [0.25, 0.3) is 0 Å². The van der Waals surface area contributed by atoms with Crippen LogP contribution in [0.3, 0.4) is 0 Å². The first-order chi connectivity index (χ1) is 12.2. The molecule has 0 aromatic heterocycles. The van der Waals surface area contributed by atoms with E-state index in [4.69, 9.17) is 9.47 Å². The maximum Gasteiger partial charge on any atom is 0.245 e. The van der Waals surface area contributed by atoms with Crippen LogP contribution in [-0.2, 0) is 19.1 Å². The van der Waals surface area contributed by atoms with E-state index in [2.05, 4.69) is 10.6 Å². The zero-order valence-electron chi connectivity index (χ0n) is 17.4. The third-order valence-corrected chi connectivity index (χ3v) is 2.90. The van der Waals surface area contributed by atoms with Crippen molar-refractivity contribution in [1.29, 1.82) is 0 Å². The first-order valence-electron chi connectivity index (χ1n) is 9.74. The molecule has 2 N–H and O–H groups in total. The Labute approximate surface area is 155 Å². The van der Waals surface area contributed by atoms with Gasteiger partial charge in [0.05, 0.1) is 0 Å². The fourth-order valence-corrected chi connectivity index (χ4v) is 1.79. The Morgan fingerprint density at radius 1 is 0.760 bits per heavy atom. The highest BCUT2D eigenvalue weighted by molar-refractivity contribution is 5.77. The van der Waals surface area contributed by atoms with Crippen LogP contribution in [-0.4, -0.2) is 51.8 Å². The third-order valence-electron chi connectivity index (χ3n) is 2.90. The highest BCUT2D eigenvalue weighted by Crippen LogP contribution is 1.98. The number of hydrogen-bond donors (Lipinski definition) is 2. The SMILES string of the molecule is CC.CC.COCC(=O)NCCCCCOCCCCCNC(C)=O. The number of amides is 2. The Morgan fingerprint density at radius 2 is 1.24 bits per heavy atom. The predicted molar refractivity (Wildman–Crippen MR) is 105 cm³/mol. The molecule has 152 valence electrons. The lowest BCUT2D eigenvalue weighted by Crippen LogP contribution is -2.27. The van der Waals surface area contributed by atoms with E-state index in [1.165, 1.54) is 14.0 Å². The molecule has 6 heteroatoms. The monoisotopic (exact) mass is 362 g/mol. The minimum Gasteiger partial charge on any atom is -0.381 e. The van der Waals surface area contributed by atoms with E-state index in [9.17, 15) is 9.59 Å². The minimum atomic E-state index is -0.0620. The lowest BCUT2D eigenvalue weighted by molar-refractivity contribution is -0.124. The van der Waals surface area contributed by atoms with Gasteiger partial charge in [0.1, 0.15) is 6.61 Å². The molecular weight excluding hydrogens is 320 g/mol. The summed E-state index contributed by atoms with van der Waals surface area (Å²) in [5.74, 6) is -0.0299. The topological polar surface area (TPSA) is 76.7 Å². The molecule has 2 amide bonds. The van der Waals surface area contributed by atoms with Crippen molar-refractivity contribution in [2.45, 2.75) is 73.1 Å². The summed E-state index contributed by atoms with van der Waals surface area (Å²) in [5.41, 5.74) is 0. The molecule has 0 rings (SSSR count). The number of carbonyl (C=O) groups is 2. The van der Waals surface area contributed by atoms with E-state index in [-0.39, 0.29) is 18.4 Å². The molecule has 0 atom stereocenters. The highest BCUT2D eigenvalue weighted by Gasteiger charge is 1.98. The van der Waals surface area contributed by atoms with E-state index >= 15 is 0 Å². The molecule has 0 aliphatic carbocycles. The molecule has 0 aromatic carbocycles. The average Bonchev–Trinajstić information content (AvgIpc) is 2.62. The Balaban J connectivity index is -0.00000112. The molecule has 0 heterocycles. The zero-order valence-corrected chi connectivity index (χ0v) is 17.4. The largest absolute Gasteiger partial charge is 0.381 e. The lowest BCUT2D eigenvalue weighted by atomic mass is 10.2. The molecule has 0 aliphatic heterocycles. The van der Waals surface area contributed by atoms with E-state index in [0.717, 1.165) is 58.3 Å². The molecule has 0 aromatic rings. The standard InChI is InChI=1S/C15H30N2O4.2C2H6/c1-14(18)16-9-5-3-7-11-21-12-8-4-6-10-17-15(19)13-20-2;2*1-2/h3-13H2,1-2H3,(H,16,18)(H,17,19);2*1-2H3. The molecule has 0 fully saturated rings. The second-order valence-corrected chi connectivity index (χ2v) is 5.00. The van der Waals surface area contributed by atoms with Gasteiger partial charge in [0.25, 0.3) is 0 Å². The van der Waals surface area contributed by atoms with Gasteiger partial charge >= 0.3 is 0 Å². The first kappa shape index (κ1) is 28.7. The molecular formula is C19H42N2O4. The van der Waals surface area contributed by atoms with Crippen molar-refractivity contribution in [1.82, 2.24) is 10.6 Å². The zero-order chi connectivity index (χ0) is 19.8. The van der Waals surface area contributed by atoms with E-state index < -0.39 is 0 Å². The summed E-state index contributed by atoms with van der Waals surface area (Å²) >= 11 is 0. The van der Waals surface area contributed by atoms with Crippen molar-refractivity contribution in [3.05, 3.63) is 0 Å². The van der Waals surface area contributed by atoms with Gasteiger partial charge in [-0.1, -0.05) is 27.7 Å². The van der Waals surface area contributed by atoms with Crippen LogP contribution < -0.4 is 10.6 Å². The van der Waals surface area contributed by atoms with E-state index in [0.29, 0.717) is 6.54 Å². The summed E-state index contributed by atoms with van der Waals surface area (Å²) in [5, 5.41) is 5.56. The van der Waals surface area contributed by atoms with Gasteiger partial charge in [-0.15, -0.1) is 0 Å². The summed E-state index contributed by atoms with van der Waals surface area (Å²) in [6.07, 6.45) is 6.15.